The Bertz CT molecular complexity index is 390. The molecule has 0 spiro atoms. The van der Waals surface area contributed by atoms with Crippen LogP contribution in [0.15, 0.2) is 20.9 Å². The summed E-state index contributed by atoms with van der Waals surface area (Å²) >= 11 is 5.27. The first-order valence-electron chi connectivity index (χ1n) is 5.96. The number of nitrogens with zero attached hydrogens (tertiary/aromatic N) is 1. The van der Waals surface area contributed by atoms with Gasteiger partial charge in [0.2, 0.25) is 0 Å². The summed E-state index contributed by atoms with van der Waals surface area (Å²) < 4.78 is 1.20. The Morgan fingerprint density at radius 3 is 2.78 bits per heavy atom. The summed E-state index contributed by atoms with van der Waals surface area (Å²) in [7, 11) is 1.82. The van der Waals surface area contributed by atoms with Crippen LogP contribution in [0.3, 0.4) is 0 Å². The second-order valence-corrected chi connectivity index (χ2v) is 6.83. The molecule has 0 radical (unpaired) electrons. The molecular formula is C12H19BrIN3S. The topological polar surface area (TPSA) is 36.4 Å². The predicted molar refractivity (Wildman–Crippen MR) is 93.2 cm³/mol. The van der Waals surface area contributed by atoms with Crippen LogP contribution in [0.5, 0.6) is 0 Å². The second-order valence-electron chi connectivity index (χ2n) is 4.28. The van der Waals surface area contributed by atoms with Crippen molar-refractivity contribution in [3.63, 3.8) is 0 Å². The van der Waals surface area contributed by atoms with Crippen molar-refractivity contribution in [3.05, 3.63) is 20.8 Å². The van der Waals surface area contributed by atoms with E-state index in [4.69, 9.17) is 0 Å². The lowest BCUT2D eigenvalue weighted by Gasteiger charge is -2.10. The van der Waals surface area contributed by atoms with Crippen LogP contribution < -0.4 is 10.6 Å². The molecule has 1 aromatic heterocycles. The van der Waals surface area contributed by atoms with E-state index in [-0.39, 0.29) is 24.0 Å². The lowest BCUT2D eigenvalue weighted by molar-refractivity contribution is 0.736. The number of halogens is 2. The first kappa shape index (κ1) is 16.2. The lowest BCUT2D eigenvalue weighted by atomic mass is 10.3. The molecule has 1 aromatic rings. The van der Waals surface area contributed by atoms with Crippen LogP contribution in [0.25, 0.3) is 0 Å². The Hall–Kier alpha value is 0.180. The average Bonchev–Trinajstić information content (AvgIpc) is 3.06. The molecule has 1 heterocycles. The number of thiophene rings is 1. The minimum atomic E-state index is 0. The largest absolute Gasteiger partial charge is 0.356 e. The van der Waals surface area contributed by atoms with E-state index in [2.05, 4.69) is 43.7 Å². The zero-order valence-corrected chi connectivity index (χ0v) is 15.1. The molecule has 0 amide bonds. The number of hydrogen-bond acceptors (Lipinski definition) is 2. The SMILES string of the molecule is CN=C(NCCc1ccc(Br)s1)NCC1CC1.I. The molecule has 102 valence electrons. The predicted octanol–water partition coefficient (Wildman–Crippen LogP) is 3.25. The Morgan fingerprint density at radius 2 is 2.22 bits per heavy atom. The summed E-state index contributed by atoms with van der Waals surface area (Å²) in [6.07, 6.45) is 3.78. The van der Waals surface area contributed by atoms with Gasteiger partial charge in [-0.1, -0.05) is 0 Å². The second kappa shape index (κ2) is 8.37. The monoisotopic (exact) mass is 443 g/mol. The molecule has 1 fully saturated rings. The van der Waals surface area contributed by atoms with Crippen molar-refractivity contribution in [1.29, 1.82) is 0 Å². The fourth-order valence-corrected chi connectivity index (χ4v) is 3.06. The van der Waals surface area contributed by atoms with Gasteiger partial charge in [-0.2, -0.15) is 0 Å². The highest BCUT2D eigenvalue weighted by molar-refractivity contribution is 14.0. The minimum Gasteiger partial charge on any atom is -0.356 e. The Balaban J connectivity index is 0.00000162. The van der Waals surface area contributed by atoms with Gasteiger partial charge in [-0.3, -0.25) is 4.99 Å². The van der Waals surface area contributed by atoms with E-state index in [1.807, 2.05) is 7.05 Å². The van der Waals surface area contributed by atoms with Gasteiger partial charge in [0.1, 0.15) is 0 Å². The molecule has 2 N–H and O–H groups in total. The smallest absolute Gasteiger partial charge is 0.190 e. The van der Waals surface area contributed by atoms with E-state index in [0.717, 1.165) is 31.4 Å². The maximum absolute atomic E-state index is 4.21. The summed E-state index contributed by atoms with van der Waals surface area (Å²) in [6, 6.07) is 4.26. The molecule has 3 nitrogen and oxygen atoms in total. The molecule has 1 saturated carbocycles. The number of hydrogen-bond donors (Lipinski definition) is 2. The molecule has 0 atom stereocenters. The summed E-state index contributed by atoms with van der Waals surface area (Å²) in [5, 5.41) is 6.70. The van der Waals surface area contributed by atoms with Crippen LogP contribution in [-0.4, -0.2) is 26.1 Å². The van der Waals surface area contributed by atoms with E-state index in [1.54, 1.807) is 11.3 Å². The molecule has 0 aliphatic heterocycles. The fraction of sp³-hybridized carbons (Fsp3) is 0.583. The van der Waals surface area contributed by atoms with Crippen molar-refractivity contribution in [2.75, 3.05) is 20.1 Å². The molecular weight excluding hydrogens is 425 g/mol. The van der Waals surface area contributed by atoms with Gasteiger partial charge in [0.15, 0.2) is 5.96 Å². The van der Waals surface area contributed by atoms with Crippen LogP contribution in [-0.2, 0) is 6.42 Å². The lowest BCUT2D eigenvalue weighted by Crippen LogP contribution is -2.39. The molecule has 0 aromatic carbocycles. The molecule has 2 rings (SSSR count). The van der Waals surface area contributed by atoms with Gasteiger partial charge in [0.25, 0.3) is 0 Å². The molecule has 0 unspecified atom stereocenters. The Labute approximate surface area is 138 Å². The highest BCUT2D eigenvalue weighted by Gasteiger charge is 2.20. The Kier molecular flexibility index (Phi) is 7.55. The molecule has 0 bridgehead atoms. The van der Waals surface area contributed by atoms with Crippen molar-refractivity contribution in [2.45, 2.75) is 19.3 Å². The molecule has 1 aliphatic rings. The van der Waals surface area contributed by atoms with Gasteiger partial charge in [-0.05, 0) is 53.2 Å². The first-order chi connectivity index (χ1) is 8.28. The van der Waals surface area contributed by atoms with Gasteiger partial charge in [-0.25, -0.2) is 0 Å². The maximum Gasteiger partial charge on any atom is 0.190 e. The van der Waals surface area contributed by atoms with Crippen LogP contribution in [0, 0.1) is 5.92 Å². The number of guanidine groups is 1. The maximum atomic E-state index is 4.21. The van der Waals surface area contributed by atoms with Gasteiger partial charge < -0.3 is 10.6 Å². The van der Waals surface area contributed by atoms with Gasteiger partial charge in [0.05, 0.1) is 3.79 Å². The minimum absolute atomic E-state index is 0. The highest BCUT2D eigenvalue weighted by Crippen LogP contribution is 2.27. The van der Waals surface area contributed by atoms with Gasteiger partial charge >= 0.3 is 0 Å². The fourth-order valence-electron chi connectivity index (χ4n) is 1.57. The van der Waals surface area contributed by atoms with Crippen LogP contribution >= 0.6 is 51.2 Å². The zero-order chi connectivity index (χ0) is 12.1. The van der Waals surface area contributed by atoms with Crippen molar-refractivity contribution in [3.8, 4) is 0 Å². The highest BCUT2D eigenvalue weighted by atomic mass is 127. The van der Waals surface area contributed by atoms with Crippen molar-refractivity contribution in [1.82, 2.24) is 10.6 Å². The zero-order valence-electron chi connectivity index (χ0n) is 10.4. The summed E-state index contributed by atoms with van der Waals surface area (Å²) in [5.41, 5.74) is 0. The third-order valence-corrected chi connectivity index (χ3v) is 4.45. The first-order valence-corrected chi connectivity index (χ1v) is 7.57. The number of rotatable bonds is 5. The molecule has 1 aliphatic carbocycles. The van der Waals surface area contributed by atoms with Crippen LogP contribution in [0.1, 0.15) is 17.7 Å². The van der Waals surface area contributed by atoms with Gasteiger partial charge in [0, 0.05) is 25.0 Å². The van der Waals surface area contributed by atoms with Gasteiger partial charge in [-0.15, -0.1) is 35.3 Å². The van der Waals surface area contributed by atoms with Crippen LogP contribution in [0.4, 0.5) is 0 Å². The average molecular weight is 444 g/mol. The Morgan fingerprint density at radius 1 is 1.44 bits per heavy atom. The number of aliphatic imine (C=N–C) groups is 1. The molecule has 18 heavy (non-hydrogen) atoms. The molecule has 0 saturated heterocycles. The van der Waals surface area contributed by atoms with E-state index >= 15 is 0 Å². The van der Waals surface area contributed by atoms with Crippen molar-refractivity contribution >= 4 is 57.2 Å². The number of nitrogens with one attached hydrogen (secondary N) is 2. The third-order valence-electron chi connectivity index (χ3n) is 2.77. The van der Waals surface area contributed by atoms with E-state index in [1.165, 1.54) is 21.5 Å². The van der Waals surface area contributed by atoms with Crippen molar-refractivity contribution < 1.29 is 0 Å². The van der Waals surface area contributed by atoms with E-state index in [9.17, 15) is 0 Å². The summed E-state index contributed by atoms with van der Waals surface area (Å²) in [5.74, 6) is 1.80. The summed E-state index contributed by atoms with van der Waals surface area (Å²) in [6.45, 7) is 1.99. The van der Waals surface area contributed by atoms with Crippen molar-refractivity contribution in [2.24, 2.45) is 10.9 Å². The third kappa shape index (κ3) is 5.88. The molecule has 6 heteroatoms. The van der Waals surface area contributed by atoms with E-state index in [0.29, 0.717) is 0 Å². The standard InChI is InChI=1S/C12H18BrN3S.HI/c1-14-12(16-8-9-2-3-9)15-7-6-10-4-5-11(13)17-10;/h4-5,9H,2-3,6-8H2,1H3,(H2,14,15,16);1H. The quantitative estimate of drug-likeness (QED) is 0.416. The normalized spacial score (nSPS) is 15.1. The van der Waals surface area contributed by atoms with Crippen LogP contribution in [0.2, 0.25) is 0 Å². The van der Waals surface area contributed by atoms with E-state index < -0.39 is 0 Å². The summed E-state index contributed by atoms with van der Waals surface area (Å²) in [4.78, 5) is 5.60.